The molecule has 0 aliphatic rings. The second-order valence-electron chi connectivity index (χ2n) is 6.42. The van der Waals surface area contributed by atoms with Crippen LogP contribution in [0.25, 0.3) is 10.9 Å². The quantitative estimate of drug-likeness (QED) is 0.355. The molecule has 0 unspecified atom stereocenters. The predicted molar refractivity (Wildman–Crippen MR) is 108 cm³/mol. The number of carbonyl (C=O) groups is 1. The average Bonchev–Trinajstić information content (AvgIpc) is 2.95. The third-order valence-electron chi connectivity index (χ3n) is 4.67. The minimum atomic E-state index is -0.103. The number of aromatic nitrogens is 3. The van der Waals surface area contributed by atoms with Crippen LogP contribution in [0.3, 0.4) is 0 Å². The molecular weight excluding hydrogens is 362 g/mol. The van der Waals surface area contributed by atoms with E-state index in [2.05, 4.69) is 9.55 Å². The van der Waals surface area contributed by atoms with E-state index in [1.165, 1.54) is 16.3 Å². The van der Waals surface area contributed by atoms with E-state index in [0.29, 0.717) is 28.2 Å². The van der Waals surface area contributed by atoms with Crippen LogP contribution < -0.4 is 5.56 Å². The number of ether oxygens (including phenoxy) is 1. The monoisotopic (exact) mass is 385 g/mol. The van der Waals surface area contributed by atoms with Gasteiger partial charge in [-0.3, -0.25) is 14.2 Å². The van der Waals surface area contributed by atoms with Crippen LogP contribution in [-0.2, 0) is 18.3 Å². The minimum Gasteiger partial charge on any atom is -0.383 e. The van der Waals surface area contributed by atoms with Crippen LogP contribution in [0.15, 0.2) is 40.3 Å². The van der Waals surface area contributed by atoms with Crippen molar-refractivity contribution in [1.29, 1.82) is 0 Å². The number of aryl methyl sites for hydroxylation is 1. The Labute approximate surface area is 162 Å². The Morgan fingerprint density at radius 3 is 2.74 bits per heavy atom. The first-order chi connectivity index (χ1) is 12.9. The molecule has 0 saturated heterocycles. The molecule has 142 valence electrons. The summed E-state index contributed by atoms with van der Waals surface area (Å²) in [7, 11) is 3.35. The molecule has 3 aromatic rings. The summed E-state index contributed by atoms with van der Waals surface area (Å²) in [6.07, 6.45) is 0. The zero-order valence-electron chi connectivity index (χ0n) is 16.0. The molecule has 0 fully saturated rings. The van der Waals surface area contributed by atoms with Crippen LogP contribution in [0.4, 0.5) is 0 Å². The van der Waals surface area contributed by atoms with Gasteiger partial charge in [-0.25, -0.2) is 4.98 Å². The minimum absolute atomic E-state index is 0.0270. The Kier molecular flexibility index (Phi) is 5.82. The lowest BCUT2D eigenvalue weighted by Crippen LogP contribution is -2.20. The van der Waals surface area contributed by atoms with E-state index >= 15 is 0 Å². The van der Waals surface area contributed by atoms with Crippen LogP contribution in [0.2, 0.25) is 0 Å². The maximum Gasteiger partial charge on any atom is 0.261 e. The molecule has 0 radical (unpaired) electrons. The van der Waals surface area contributed by atoms with Crippen molar-refractivity contribution in [3.63, 3.8) is 0 Å². The molecule has 27 heavy (non-hydrogen) atoms. The number of hydrogen-bond donors (Lipinski definition) is 0. The number of benzene rings is 1. The Hall–Kier alpha value is -2.38. The normalized spacial score (nSPS) is 11.3. The molecule has 0 N–H and O–H groups in total. The number of para-hydroxylation sites is 1. The standard InChI is InChI=1S/C20H23N3O3S/c1-13-11-16(14(2)23(13)9-10-26-4)18(24)12-27-20-21-17-8-6-5-7-15(17)19(25)22(20)3/h5-8,11H,9-10,12H2,1-4H3. The topological polar surface area (TPSA) is 66.1 Å². The predicted octanol–water partition coefficient (Wildman–Crippen LogP) is 2.97. The van der Waals surface area contributed by atoms with E-state index in [0.717, 1.165) is 17.9 Å². The van der Waals surface area contributed by atoms with E-state index in [1.807, 2.05) is 38.1 Å². The zero-order valence-corrected chi connectivity index (χ0v) is 16.8. The molecule has 0 amide bonds. The first-order valence-electron chi connectivity index (χ1n) is 8.71. The van der Waals surface area contributed by atoms with E-state index in [4.69, 9.17) is 4.74 Å². The third kappa shape index (κ3) is 3.84. The van der Waals surface area contributed by atoms with Gasteiger partial charge in [-0.05, 0) is 32.0 Å². The van der Waals surface area contributed by atoms with Crippen LogP contribution in [-0.4, -0.2) is 39.4 Å². The summed E-state index contributed by atoms with van der Waals surface area (Å²) >= 11 is 1.29. The number of rotatable bonds is 7. The summed E-state index contributed by atoms with van der Waals surface area (Å²) in [5, 5.41) is 1.12. The van der Waals surface area contributed by atoms with E-state index in [9.17, 15) is 9.59 Å². The molecule has 0 bridgehead atoms. The van der Waals surface area contributed by atoms with Crippen molar-refractivity contribution in [2.24, 2.45) is 7.05 Å². The Morgan fingerprint density at radius 1 is 1.26 bits per heavy atom. The number of nitrogens with zero attached hydrogens (tertiary/aromatic N) is 3. The van der Waals surface area contributed by atoms with Gasteiger partial charge in [-0.15, -0.1) is 0 Å². The van der Waals surface area contributed by atoms with Gasteiger partial charge in [-0.1, -0.05) is 23.9 Å². The van der Waals surface area contributed by atoms with Gasteiger partial charge in [0.05, 0.1) is 23.3 Å². The lowest BCUT2D eigenvalue weighted by Gasteiger charge is -2.09. The fraction of sp³-hybridized carbons (Fsp3) is 0.350. The fourth-order valence-electron chi connectivity index (χ4n) is 3.14. The lowest BCUT2D eigenvalue weighted by molar-refractivity contribution is 0.102. The summed E-state index contributed by atoms with van der Waals surface area (Å²) in [6.45, 7) is 5.25. The molecule has 0 spiro atoms. The van der Waals surface area contributed by atoms with Gasteiger partial charge < -0.3 is 9.30 Å². The summed E-state index contributed by atoms with van der Waals surface area (Å²) in [5.74, 6) is 0.256. The number of fused-ring (bicyclic) bond motifs is 1. The number of Topliss-reactive ketones (excluding diaryl/α,β-unsaturated/α-hetero) is 1. The SMILES string of the molecule is COCCn1c(C)cc(C(=O)CSc2nc3ccccc3c(=O)n2C)c1C. The maximum atomic E-state index is 12.8. The summed E-state index contributed by atoms with van der Waals surface area (Å²) in [5.41, 5.74) is 3.23. The van der Waals surface area contributed by atoms with Crippen molar-refractivity contribution in [2.75, 3.05) is 19.5 Å². The Balaban J connectivity index is 1.81. The molecule has 0 aliphatic carbocycles. The molecule has 2 aromatic heterocycles. The highest BCUT2D eigenvalue weighted by molar-refractivity contribution is 7.99. The fourth-order valence-corrected chi connectivity index (χ4v) is 4.00. The summed E-state index contributed by atoms with van der Waals surface area (Å²) in [6, 6.07) is 9.16. The molecule has 6 nitrogen and oxygen atoms in total. The van der Waals surface area contributed by atoms with Crippen LogP contribution in [0.5, 0.6) is 0 Å². The van der Waals surface area contributed by atoms with Crippen LogP contribution >= 0.6 is 11.8 Å². The number of thioether (sulfide) groups is 1. The highest BCUT2D eigenvalue weighted by Crippen LogP contribution is 2.21. The number of hydrogen-bond acceptors (Lipinski definition) is 5. The lowest BCUT2D eigenvalue weighted by atomic mass is 10.2. The van der Waals surface area contributed by atoms with Crippen molar-refractivity contribution < 1.29 is 9.53 Å². The number of ketones is 1. The van der Waals surface area contributed by atoms with Gasteiger partial charge in [0.1, 0.15) is 0 Å². The number of carbonyl (C=O) groups excluding carboxylic acids is 1. The highest BCUT2D eigenvalue weighted by atomic mass is 32.2. The average molecular weight is 385 g/mol. The Bertz CT molecular complexity index is 1050. The highest BCUT2D eigenvalue weighted by Gasteiger charge is 2.17. The largest absolute Gasteiger partial charge is 0.383 e. The molecule has 7 heteroatoms. The second-order valence-corrected chi connectivity index (χ2v) is 7.36. The zero-order chi connectivity index (χ0) is 19.6. The summed E-state index contributed by atoms with van der Waals surface area (Å²) < 4.78 is 8.73. The summed E-state index contributed by atoms with van der Waals surface area (Å²) in [4.78, 5) is 29.8. The second kappa shape index (κ2) is 8.10. The Morgan fingerprint density at radius 2 is 2.00 bits per heavy atom. The smallest absolute Gasteiger partial charge is 0.261 e. The molecule has 0 saturated carbocycles. The number of methoxy groups -OCH3 is 1. The molecule has 1 aromatic carbocycles. The van der Waals surface area contributed by atoms with Gasteiger partial charge >= 0.3 is 0 Å². The van der Waals surface area contributed by atoms with Gasteiger partial charge in [-0.2, -0.15) is 0 Å². The van der Waals surface area contributed by atoms with Gasteiger partial charge in [0, 0.05) is 37.7 Å². The van der Waals surface area contributed by atoms with Crippen molar-refractivity contribution >= 4 is 28.4 Å². The van der Waals surface area contributed by atoms with E-state index in [-0.39, 0.29) is 17.1 Å². The third-order valence-corrected chi connectivity index (χ3v) is 5.70. The van der Waals surface area contributed by atoms with Gasteiger partial charge in [0.2, 0.25) is 0 Å². The molecule has 0 atom stereocenters. The van der Waals surface area contributed by atoms with Crippen molar-refractivity contribution in [3.05, 3.63) is 57.6 Å². The molecular formula is C20H23N3O3S. The molecule has 2 heterocycles. The van der Waals surface area contributed by atoms with Crippen molar-refractivity contribution in [3.8, 4) is 0 Å². The first kappa shape index (κ1) is 19.4. The van der Waals surface area contributed by atoms with Crippen molar-refractivity contribution in [1.82, 2.24) is 14.1 Å². The maximum absolute atomic E-state index is 12.8. The van der Waals surface area contributed by atoms with Gasteiger partial charge in [0.15, 0.2) is 10.9 Å². The van der Waals surface area contributed by atoms with E-state index in [1.54, 1.807) is 20.2 Å². The van der Waals surface area contributed by atoms with Gasteiger partial charge in [0.25, 0.3) is 5.56 Å². The molecule has 0 aliphatic heterocycles. The van der Waals surface area contributed by atoms with Crippen molar-refractivity contribution in [2.45, 2.75) is 25.5 Å². The van der Waals surface area contributed by atoms with Crippen LogP contribution in [0.1, 0.15) is 21.7 Å². The first-order valence-corrected chi connectivity index (χ1v) is 9.70. The van der Waals surface area contributed by atoms with Crippen LogP contribution in [0, 0.1) is 13.8 Å². The molecule has 3 rings (SSSR count). The van der Waals surface area contributed by atoms with E-state index < -0.39 is 0 Å².